The standard InChI is InChI=1S/C16H23N3O2/c1-11-7-13(3-5-20-11)16(15(9-17)10-18-19-16)14-4-6-21-12(2)8-14/h10-14H,3-8H2,1-2H3. The van der Waals surface area contributed by atoms with Gasteiger partial charge in [-0.2, -0.15) is 15.5 Å². The van der Waals surface area contributed by atoms with E-state index in [0.29, 0.717) is 11.8 Å². The minimum absolute atomic E-state index is 0.230. The van der Waals surface area contributed by atoms with Crippen molar-refractivity contribution in [2.24, 2.45) is 22.1 Å². The molecule has 0 N–H and O–H groups in total. The van der Waals surface area contributed by atoms with Gasteiger partial charge in [0, 0.05) is 13.2 Å². The fourth-order valence-corrected chi connectivity index (χ4v) is 4.19. The van der Waals surface area contributed by atoms with Crippen LogP contribution in [0.25, 0.3) is 0 Å². The summed E-state index contributed by atoms with van der Waals surface area (Å²) in [6, 6.07) is 2.37. The van der Waals surface area contributed by atoms with Crippen LogP contribution in [0.1, 0.15) is 39.5 Å². The van der Waals surface area contributed by atoms with Gasteiger partial charge in [0.25, 0.3) is 0 Å². The van der Waals surface area contributed by atoms with Crippen LogP contribution in [0.4, 0.5) is 0 Å². The third kappa shape index (κ3) is 2.51. The summed E-state index contributed by atoms with van der Waals surface area (Å²) in [7, 11) is 0. The number of azo groups is 1. The number of hydrogen-bond donors (Lipinski definition) is 0. The van der Waals surface area contributed by atoms with Crippen LogP contribution in [-0.4, -0.2) is 31.0 Å². The molecule has 3 rings (SSSR count). The van der Waals surface area contributed by atoms with Crippen LogP contribution in [0, 0.1) is 23.2 Å². The third-order valence-corrected chi connectivity index (χ3v) is 5.18. The van der Waals surface area contributed by atoms with E-state index >= 15 is 0 Å². The molecule has 3 heterocycles. The highest BCUT2D eigenvalue weighted by atomic mass is 16.5. The van der Waals surface area contributed by atoms with Crippen LogP contribution >= 0.6 is 0 Å². The highest BCUT2D eigenvalue weighted by molar-refractivity contribution is 5.38. The first-order chi connectivity index (χ1) is 10.2. The molecule has 3 aliphatic heterocycles. The zero-order valence-corrected chi connectivity index (χ0v) is 12.8. The van der Waals surface area contributed by atoms with Crippen molar-refractivity contribution in [3.05, 3.63) is 11.8 Å². The summed E-state index contributed by atoms with van der Waals surface area (Å²) in [5.41, 5.74) is 0.297. The molecule has 0 aromatic rings. The summed E-state index contributed by atoms with van der Waals surface area (Å²) in [6.45, 7) is 5.71. The average Bonchev–Trinajstić information content (AvgIpc) is 2.92. The van der Waals surface area contributed by atoms with Gasteiger partial charge in [0.2, 0.25) is 0 Å². The Kier molecular flexibility index (Phi) is 4.10. The predicted octanol–water partition coefficient (Wildman–Crippen LogP) is 3.23. The topological polar surface area (TPSA) is 67.0 Å². The lowest BCUT2D eigenvalue weighted by Crippen LogP contribution is -2.49. The minimum Gasteiger partial charge on any atom is -0.378 e. The molecule has 0 aromatic heterocycles. The summed E-state index contributed by atoms with van der Waals surface area (Å²) in [5, 5.41) is 18.4. The number of rotatable bonds is 2. The summed E-state index contributed by atoms with van der Waals surface area (Å²) in [5.74, 6) is 0.683. The molecular weight excluding hydrogens is 266 g/mol. The second kappa shape index (κ2) is 5.86. The molecule has 0 radical (unpaired) electrons. The Hall–Kier alpha value is -1.25. The van der Waals surface area contributed by atoms with Crippen LogP contribution in [-0.2, 0) is 9.47 Å². The summed E-state index contributed by atoms with van der Waals surface area (Å²) >= 11 is 0. The average molecular weight is 289 g/mol. The maximum absolute atomic E-state index is 9.59. The molecule has 2 fully saturated rings. The van der Waals surface area contributed by atoms with E-state index in [2.05, 4.69) is 30.1 Å². The minimum atomic E-state index is -0.440. The van der Waals surface area contributed by atoms with E-state index in [1.165, 1.54) is 0 Å². The first kappa shape index (κ1) is 14.7. The van der Waals surface area contributed by atoms with Crippen molar-refractivity contribution in [1.82, 2.24) is 0 Å². The Balaban J connectivity index is 1.94. The quantitative estimate of drug-likeness (QED) is 0.783. The molecule has 4 unspecified atom stereocenters. The van der Waals surface area contributed by atoms with Crippen LogP contribution in [0.15, 0.2) is 22.0 Å². The van der Waals surface area contributed by atoms with Gasteiger partial charge in [-0.25, -0.2) is 0 Å². The third-order valence-electron chi connectivity index (χ3n) is 5.18. The number of ether oxygens (including phenoxy) is 2. The van der Waals surface area contributed by atoms with Crippen molar-refractivity contribution in [1.29, 1.82) is 5.26 Å². The van der Waals surface area contributed by atoms with E-state index in [0.717, 1.165) is 44.5 Å². The van der Waals surface area contributed by atoms with Gasteiger partial charge in [-0.15, -0.1) is 0 Å². The molecule has 0 bridgehead atoms. The molecule has 0 spiro atoms. The van der Waals surface area contributed by atoms with E-state index in [4.69, 9.17) is 9.47 Å². The van der Waals surface area contributed by atoms with Crippen molar-refractivity contribution in [2.45, 2.75) is 57.3 Å². The van der Waals surface area contributed by atoms with Gasteiger partial charge in [-0.1, -0.05) is 0 Å². The second-order valence-electron chi connectivity index (χ2n) is 6.50. The van der Waals surface area contributed by atoms with E-state index in [1.807, 2.05) is 0 Å². The predicted molar refractivity (Wildman–Crippen MR) is 77.6 cm³/mol. The fraction of sp³-hybridized carbons (Fsp3) is 0.812. The van der Waals surface area contributed by atoms with Crippen LogP contribution in [0.2, 0.25) is 0 Å². The molecule has 3 aliphatic rings. The molecule has 5 nitrogen and oxygen atoms in total. The van der Waals surface area contributed by atoms with Crippen molar-refractivity contribution in [3.63, 3.8) is 0 Å². The maximum atomic E-state index is 9.59. The van der Waals surface area contributed by atoms with Crippen molar-refractivity contribution < 1.29 is 9.47 Å². The highest BCUT2D eigenvalue weighted by Crippen LogP contribution is 2.49. The van der Waals surface area contributed by atoms with Gasteiger partial charge < -0.3 is 9.47 Å². The van der Waals surface area contributed by atoms with E-state index in [1.54, 1.807) is 6.20 Å². The molecule has 0 saturated carbocycles. The van der Waals surface area contributed by atoms with Gasteiger partial charge >= 0.3 is 0 Å². The zero-order valence-electron chi connectivity index (χ0n) is 12.8. The van der Waals surface area contributed by atoms with Gasteiger partial charge in [-0.05, 0) is 51.4 Å². The lowest BCUT2D eigenvalue weighted by atomic mass is 9.64. The molecule has 0 aromatic carbocycles. The van der Waals surface area contributed by atoms with Crippen LogP contribution in [0.3, 0.4) is 0 Å². The molecule has 21 heavy (non-hydrogen) atoms. The number of nitriles is 1. The smallest absolute Gasteiger partial charge is 0.124 e. The lowest BCUT2D eigenvalue weighted by molar-refractivity contribution is -0.0498. The molecule has 0 aliphatic carbocycles. The van der Waals surface area contributed by atoms with E-state index < -0.39 is 5.54 Å². The molecule has 2 saturated heterocycles. The summed E-state index contributed by atoms with van der Waals surface area (Å²) < 4.78 is 11.4. The Morgan fingerprint density at radius 2 is 1.71 bits per heavy atom. The van der Waals surface area contributed by atoms with Gasteiger partial charge in [-0.3, -0.25) is 0 Å². The monoisotopic (exact) mass is 289 g/mol. The number of hydrogen-bond acceptors (Lipinski definition) is 5. The summed E-state index contributed by atoms with van der Waals surface area (Å²) in [4.78, 5) is 0. The Morgan fingerprint density at radius 1 is 1.14 bits per heavy atom. The number of nitrogens with zero attached hydrogens (tertiary/aromatic N) is 3. The normalized spacial score (nSPS) is 43.4. The lowest BCUT2D eigenvalue weighted by Gasteiger charge is -2.45. The van der Waals surface area contributed by atoms with Gasteiger partial charge in [0.15, 0.2) is 0 Å². The molecule has 0 amide bonds. The Bertz CT molecular complexity index is 472. The van der Waals surface area contributed by atoms with Crippen molar-refractivity contribution in [3.8, 4) is 6.07 Å². The van der Waals surface area contributed by atoms with Crippen LogP contribution < -0.4 is 0 Å². The highest BCUT2D eigenvalue weighted by Gasteiger charge is 2.52. The molecular formula is C16H23N3O2. The Labute approximate surface area is 126 Å². The van der Waals surface area contributed by atoms with Gasteiger partial charge in [0.1, 0.15) is 5.54 Å². The Morgan fingerprint density at radius 3 is 2.19 bits per heavy atom. The van der Waals surface area contributed by atoms with Crippen molar-refractivity contribution >= 4 is 0 Å². The van der Waals surface area contributed by atoms with Crippen LogP contribution in [0.5, 0.6) is 0 Å². The van der Waals surface area contributed by atoms with E-state index in [9.17, 15) is 5.26 Å². The first-order valence-electron chi connectivity index (χ1n) is 7.92. The molecule has 5 heteroatoms. The van der Waals surface area contributed by atoms with Crippen molar-refractivity contribution in [2.75, 3.05) is 13.2 Å². The first-order valence-corrected chi connectivity index (χ1v) is 7.92. The maximum Gasteiger partial charge on any atom is 0.124 e. The zero-order chi connectivity index (χ0) is 14.9. The summed E-state index contributed by atoms with van der Waals surface area (Å²) in [6.07, 6.45) is 5.93. The van der Waals surface area contributed by atoms with E-state index in [-0.39, 0.29) is 12.2 Å². The largest absolute Gasteiger partial charge is 0.378 e. The second-order valence-corrected chi connectivity index (χ2v) is 6.50. The fourth-order valence-electron chi connectivity index (χ4n) is 4.19. The van der Waals surface area contributed by atoms with Gasteiger partial charge in [0.05, 0.1) is 30.1 Å². The SMILES string of the molecule is CC1CC(C2(C3CCOC(C)C3)N=NC=C2C#N)CCO1. The molecule has 114 valence electrons. The molecule has 4 atom stereocenters.